The summed E-state index contributed by atoms with van der Waals surface area (Å²) in [5.41, 5.74) is 0.441. The Hall–Kier alpha value is -3.67. The Bertz CT molecular complexity index is 1290. The number of ether oxygens (including phenoxy) is 1. The molecule has 1 heterocycles. The van der Waals surface area contributed by atoms with Crippen molar-refractivity contribution < 1.29 is 9.53 Å². The van der Waals surface area contributed by atoms with Crippen molar-refractivity contribution in [1.29, 1.82) is 0 Å². The fourth-order valence-electron chi connectivity index (χ4n) is 3.80. The number of para-hydroxylation sites is 1. The zero-order valence-corrected chi connectivity index (χ0v) is 18.4. The number of H-pyrrole nitrogens is 1. The van der Waals surface area contributed by atoms with Crippen LogP contribution in [0.25, 0.3) is 21.7 Å². The van der Waals surface area contributed by atoms with Gasteiger partial charge >= 0.3 is 0 Å². The average Bonchev–Trinajstić information content (AvgIpc) is 2.80. The minimum atomic E-state index is -0.190. The van der Waals surface area contributed by atoms with Crippen LogP contribution in [0.4, 0.5) is 0 Å². The van der Waals surface area contributed by atoms with Crippen LogP contribution in [0.3, 0.4) is 0 Å². The topological polar surface area (TPSA) is 75.3 Å². The number of nitrogens with one attached hydrogen (secondary N) is 1. The summed E-state index contributed by atoms with van der Waals surface area (Å²) in [7, 11) is 0. The molecule has 0 bridgehead atoms. The highest BCUT2D eigenvalue weighted by Crippen LogP contribution is 2.25. The molecule has 32 heavy (non-hydrogen) atoms. The molecule has 0 fully saturated rings. The maximum absolute atomic E-state index is 12.9. The van der Waals surface area contributed by atoms with Crippen molar-refractivity contribution in [2.45, 2.75) is 39.3 Å². The molecule has 4 rings (SSSR count). The van der Waals surface area contributed by atoms with Crippen molar-refractivity contribution in [2.24, 2.45) is 0 Å². The second-order valence-electron chi connectivity index (χ2n) is 8.07. The van der Waals surface area contributed by atoms with Crippen LogP contribution in [-0.4, -0.2) is 33.4 Å². The van der Waals surface area contributed by atoms with Crippen molar-refractivity contribution in [3.63, 3.8) is 0 Å². The van der Waals surface area contributed by atoms with Crippen molar-refractivity contribution >= 4 is 27.6 Å². The third-order valence-corrected chi connectivity index (χ3v) is 5.47. The second kappa shape index (κ2) is 9.64. The maximum atomic E-state index is 12.9. The summed E-state index contributed by atoms with van der Waals surface area (Å²) in [4.78, 5) is 34.3. The number of benzene rings is 3. The zero-order chi connectivity index (χ0) is 22.5. The van der Waals surface area contributed by atoms with E-state index in [1.165, 1.54) is 0 Å². The minimum absolute atomic E-state index is 0.0114. The molecule has 3 aromatic carbocycles. The normalized spacial score (nSPS) is 11.2. The van der Waals surface area contributed by atoms with E-state index < -0.39 is 0 Å². The summed E-state index contributed by atoms with van der Waals surface area (Å²) in [6.45, 7) is 4.64. The van der Waals surface area contributed by atoms with Gasteiger partial charge in [0.05, 0.1) is 24.1 Å². The number of hydrogen-bond donors (Lipinski definition) is 1. The molecule has 6 heteroatoms. The third-order valence-electron chi connectivity index (χ3n) is 5.47. The fraction of sp³-hybridized carbons (Fsp3) is 0.269. The SMILES string of the molecule is CC(C)N(Cc1nc2ccccc2c(=O)[nH]1)C(=O)CCCOc1cccc2ccccc12. The smallest absolute Gasteiger partial charge is 0.258 e. The summed E-state index contributed by atoms with van der Waals surface area (Å²) in [5.74, 6) is 1.33. The van der Waals surface area contributed by atoms with Crippen LogP contribution < -0.4 is 10.3 Å². The van der Waals surface area contributed by atoms with Crippen molar-refractivity contribution in [3.05, 3.63) is 82.9 Å². The molecule has 0 saturated heterocycles. The number of aromatic amines is 1. The Labute approximate surface area is 186 Å². The Morgan fingerprint density at radius 2 is 1.72 bits per heavy atom. The van der Waals surface area contributed by atoms with Gasteiger partial charge in [-0.1, -0.05) is 48.5 Å². The van der Waals surface area contributed by atoms with Crippen LogP contribution in [0.5, 0.6) is 5.75 Å². The van der Waals surface area contributed by atoms with E-state index in [-0.39, 0.29) is 24.1 Å². The number of carbonyl (C=O) groups excluding carboxylic acids is 1. The van der Waals surface area contributed by atoms with E-state index in [0.29, 0.717) is 36.2 Å². The molecule has 0 saturated carbocycles. The van der Waals surface area contributed by atoms with Crippen molar-refractivity contribution in [1.82, 2.24) is 14.9 Å². The highest BCUT2D eigenvalue weighted by molar-refractivity contribution is 5.88. The number of aromatic nitrogens is 2. The Kier molecular flexibility index (Phi) is 6.50. The molecule has 1 aromatic heterocycles. The van der Waals surface area contributed by atoms with E-state index in [4.69, 9.17) is 4.74 Å². The number of fused-ring (bicyclic) bond motifs is 2. The summed E-state index contributed by atoms with van der Waals surface area (Å²) in [6, 6.07) is 21.2. The molecule has 0 radical (unpaired) electrons. The van der Waals surface area contributed by atoms with Gasteiger partial charge in [-0.25, -0.2) is 4.98 Å². The number of carbonyl (C=O) groups is 1. The van der Waals surface area contributed by atoms with Gasteiger partial charge in [-0.15, -0.1) is 0 Å². The van der Waals surface area contributed by atoms with E-state index in [9.17, 15) is 9.59 Å². The van der Waals surface area contributed by atoms with Crippen LogP contribution in [0.1, 0.15) is 32.5 Å². The van der Waals surface area contributed by atoms with Gasteiger partial charge in [0.15, 0.2) is 0 Å². The molecule has 4 aromatic rings. The summed E-state index contributed by atoms with van der Waals surface area (Å²) in [6.07, 6.45) is 0.966. The lowest BCUT2D eigenvalue weighted by molar-refractivity contribution is -0.133. The molecular weight excluding hydrogens is 402 g/mol. The molecular formula is C26H27N3O3. The molecule has 6 nitrogen and oxygen atoms in total. The summed E-state index contributed by atoms with van der Waals surface area (Å²) >= 11 is 0. The third kappa shape index (κ3) is 4.80. The quantitative estimate of drug-likeness (QED) is 0.413. The zero-order valence-electron chi connectivity index (χ0n) is 18.4. The molecule has 1 N–H and O–H groups in total. The predicted octanol–water partition coefficient (Wildman–Crippen LogP) is 4.67. The predicted molar refractivity (Wildman–Crippen MR) is 127 cm³/mol. The molecule has 164 valence electrons. The first-order chi connectivity index (χ1) is 15.5. The molecule has 0 aliphatic rings. The van der Waals surface area contributed by atoms with Gasteiger partial charge in [0.1, 0.15) is 11.6 Å². The lowest BCUT2D eigenvalue weighted by Gasteiger charge is -2.26. The van der Waals surface area contributed by atoms with Gasteiger partial charge in [0, 0.05) is 17.8 Å². The highest BCUT2D eigenvalue weighted by Gasteiger charge is 2.18. The second-order valence-corrected chi connectivity index (χ2v) is 8.07. The summed E-state index contributed by atoms with van der Waals surface area (Å²) < 4.78 is 5.96. The average molecular weight is 430 g/mol. The summed E-state index contributed by atoms with van der Waals surface area (Å²) in [5, 5.41) is 2.74. The molecule has 0 aliphatic carbocycles. The van der Waals surface area contributed by atoms with Gasteiger partial charge in [-0.3, -0.25) is 9.59 Å². The fourth-order valence-corrected chi connectivity index (χ4v) is 3.80. The van der Waals surface area contributed by atoms with Gasteiger partial charge < -0.3 is 14.6 Å². The molecule has 0 spiro atoms. The Morgan fingerprint density at radius 1 is 1.00 bits per heavy atom. The number of rotatable bonds is 8. The molecule has 0 aliphatic heterocycles. The van der Waals surface area contributed by atoms with Crippen molar-refractivity contribution in [2.75, 3.05) is 6.61 Å². The molecule has 0 unspecified atom stereocenters. The van der Waals surface area contributed by atoms with Crippen LogP contribution >= 0.6 is 0 Å². The van der Waals surface area contributed by atoms with E-state index in [1.807, 2.05) is 56.3 Å². The van der Waals surface area contributed by atoms with Crippen LogP contribution in [0.15, 0.2) is 71.5 Å². The lowest BCUT2D eigenvalue weighted by Crippen LogP contribution is -2.37. The number of nitrogens with zero attached hydrogens (tertiary/aromatic N) is 2. The largest absolute Gasteiger partial charge is 0.493 e. The van der Waals surface area contributed by atoms with E-state index in [1.54, 1.807) is 17.0 Å². The van der Waals surface area contributed by atoms with Gasteiger partial charge in [-0.05, 0) is 43.9 Å². The number of hydrogen-bond acceptors (Lipinski definition) is 4. The van der Waals surface area contributed by atoms with Crippen LogP contribution in [0.2, 0.25) is 0 Å². The first-order valence-electron chi connectivity index (χ1n) is 10.9. The van der Waals surface area contributed by atoms with Crippen LogP contribution in [0, 0.1) is 0 Å². The van der Waals surface area contributed by atoms with Gasteiger partial charge in [-0.2, -0.15) is 0 Å². The Balaban J connectivity index is 1.38. The van der Waals surface area contributed by atoms with Crippen LogP contribution in [-0.2, 0) is 11.3 Å². The minimum Gasteiger partial charge on any atom is -0.493 e. The van der Waals surface area contributed by atoms with E-state index >= 15 is 0 Å². The molecule has 0 atom stereocenters. The molecule has 1 amide bonds. The van der Waals surface area contributed by atoms with Gasteiger partial charge in [0.25, 0.3) is 5.56 Å². The van der Waals surface area contributed by atoms with Gasteiger partial charge in [0.2, 0.25) is 5.91 Å². The highest BCUT2D eigenvalue weighted by atomic mass is 16.5. The number of amides is 1. The first kappa shape index (κ1) is 21.6. The maximum Gasteiger partial charge on any atom is 0.258 e. The van der Waals surface area contributed by atoms with E-state index in [2.05, 4.69) is 22.1 Å². The van der Waals surface area contributed by atoms with Crippen molar-refractivity contribution in [3.8, 4) is 5.75 Å². The first-order valence-corrected chi connectivity index (χ1v) is 10.9. The Morgan fingerprint density at radius 3 is 2.53 bits per heavy atom. The van der Waals surface area contributed by atoms with E-state index in [0.717, 1.165) is 16.5 Å². The lowest BCUT2D eigenvalue weighted by atomic mass is 10.1. The standard InChI is InChI=1S/C26H27N3O3/c1-18(2)29(17-24-27-22-13-6-5-12-21(22)26(31)28-24)25(30)15-8-16-32-23-14-7-10-19-9-3-4-11-20(19)23/h3-7,9-14,18H,8,15-17H2,1-2H3,(H,27,28,31). The monoisotopic (exact) mass is 429 g/mol.